The molecular formula is C21H16F2N4O2S. The Hall–Kier alpha value is -3.38. The van der Waals surface area contributed by atoms with Crippen molar-refractivity contribution in [3.05, 3.63) is 81.1 Å². The van der Waals surface area contributed by atoms with Gasteiger partial charge < -0.3 is 15.2 Å². The number of rotatable bonds is 2. The summed E-state index contributed by atoms with van der Waals surface area (Å²) in [4.78, 5) is 32.6. The number of H-pyrrole nitrogens is 1. The molecule has 2 heterocycles. The van der Waals surface area contributed by atoms with Gasteiger partial charge in [0, 0.05) is 35.5 Å². The fraction of sp³-hybridized carbons (Fsp3) is 0.190. The third-order valence-corrected chi connectivity index (χ3v) is 6.11. The van der Waals surface area contributed by atoms with Gasteiger partial charge in [0.1, 0.15) is 11.6 Å². The molecule has 9 heteroatoms. The molecular weight excluding hydrogens is 410 g/mol. The standard InChI is InChI=1S/C21H16F2N4O2S/c1-24-16-8-12(4-6-15(16)23)25-21(29)27(2)18-10-30-9-17-19(18)13-5-3-11(22)7-14(13)20(28)26-17/h3-8,18H,9-10H2,2H3,(H,25,29)(H,26,28). The molecule has 0 fully saturated rings. The van der Waals surface area contributed by atoms with Crippen molar-refractivity contribution in [1.82, 2.24) is 9.88 Å². The Balaban J connectivity index is 1.70. The van der Waals surface area contributed by atoms with Gasteiger partial charge in [-0.1, -0.05) is 6.07 Å². The molecule has 4 rings (SSSR count). The molecule has 0 aliphatic carbocycles. The van der Waals surface area contributed by atoms with Gasteiger partial charge >= 0.3 is 6.03 Å². The number of aromatic nitrogens is 1. The van der Waals surface area contributed by atoms with E-state index in [1.165, 1.54) is 29.2 Å². The van der Waals surface area contributed by atoms with Crippen LogP contribution in [0, 0.1) is 18.2 Å². The number of aromatic amines is 1. The van der Waals surface area contributed by atoms with Crippen LogP contribution in [0.2, 0.25) is 0 Å². The fourth-order valence-electron chi connectivity index (χ4n) is 3.56. The maximum atomic E-state index is 13.7. The minimum absolute atomic E-state index is 0.181. The zero-order valence-corrected chi connectivity index (χ0v) is 16.6. The number of hydrogen-bond donors (Lipinski definition) is 2. The number of carbonyl (C=O) groups excluding carboxylic acids is 1. The Kier molecular flexibility index (Phi) is 5.18. The number of hydrogen-bond acceptors (Lipinski definition) is 3. The first kappa shape index (κ1) is 19.9. The van der Waals surface area contributed by atoms with Gasteiger partial charge in [-0.25, -0.2) is 18.4 Å². The minimum atomic E-state index is -0.656. The first-order chi connectivity index (χ1) is 14.4. The average Bonchev–Trinajstić information content (AvgIpc) is 2.74. The van der Waals surface area contributed by atoms with Gasteiger partial charge in [0.2, 0.25) is 5.69 Å². The van der Waals surface area contributed by atoms with E-state index in [9.17, 15) is 18.4 Å². The number of carbonyl (C=O) groups is 1. The summed E-state index contributed by atoms with van der Waals surface area (Å²) in [7, 11) is 1.62. The van der Waals surface area contributed by atoms with Crippen molar-refractivity contribution in [1.29, 1.82) is 0 Å². The van der Waals surface area contributed by atoms with E-state index in [-0.39, 0.29) is 22.7 Å². The topological polar surface area (TPSA) is 69.6 Å². The van der Waals surface area contributed by atoms with Crippen molar-refractivity contribution >= 4 is 39.9 Å². The zero-order valence-electron chi connectivity index (χ0n) is 15.8. The van der Waals surface area contributed by atoms with Crippen molar-refractivity contribution < 1.29 is 13.6 Å². The van der Waals surface area contributed by atoms with Gasteiger partial charge in [-0.2, -0.15) is 11.8 Å². The van der Waals surface area contributed by atoms with Crippen molar-refractivity contribution in [3.63, 3.8) is 0 Å². The summed E-state index contributed by atoms with van der Waals surface area (Å²) in [6.45, 7) is 7.00. The van der Waals surface area contributed by atoms with E-state index in [0.29, 0.717) is 28.3 Å². The van der Waals surface area contributed by atoms with E-state index >= 15 is 0 Å². The van der Waals surface area contributed by atoms with Crippen molar-refractivity contribution in [2.45, 2.75) is 11.8 Å². The van der Waals surface area contributed by atoms with Gasteiger partial charge in [-0.15, -0.1) is 0 Å². The summed E-state index contributed by atoms with van der Waals surface area (Å²) >= 11 is 1.57. The van der Waals surface area contributed by atoms with E-state index in [1.54, 1.807) is 24.9 Å². The van der Waals surface area contributed by atoms with Crippen LogP contribution in [-0.2, 0) is 5.75 Å². The highest BCUT2D eigenvalue weighted by Gasteiger charge is 2.30. The fourth-order valence-corrected chi connectivity index (χ4v) is 4.72. The predicted octanol–water partition coefficient (Wildman–Crippen LogP) is 4.81. The van der Waals surface area contributed by atoms with Crippen molar-refractivity contribution in [3.8, 4) is 0 Å². The highest BCUT2D eigenvalue weighted by Crippen LogP contribution is 2.37. The van der Waals surface area contributed by atoms with Gasteiger partial charge in [0.15, 0.2) is 0 Å². The molecule has 1 unspecified atom stereocenters. The van der Waals surface area contributed by atoms with Crippen LogP contribution in [0.3, 0.4) is 0 Å². The van der Waals surface area contributed by atoms with Crippen LogP contribution in [0.5, 0.6) is 0 Å². The van der Waals surface area contributed by atoms with Crippen LogP contribution in [0.4, 0.5) is 25.0 Å². The lowest BCUT2D eigenvalue weighted by molar-refractivity contribution is 0.209. The van der Waals surface area contributed by atoms with Gasteiger partial charge in [0.05, 0.1) is 18.0 Å². The Bertz CT molecular complexity index is 1270. The molecule has 1 aromatic heterocycles. The molecule has 0 saturated carbocycles. The van der Waals surface area contributed by atoms with Crippen molar-refractivity contribution in [2.24, 2.45) is 0 Å². The molecule has 0 spiro atoms. The van der Waals surface area contributed by atoms with E-state index < -0.39 is 17.7 Å². The van der Waals surface area contributed by atoms with Gasteiger partial charge in [-0.05, 0) is 35.7 Å². The number of halogens is 2. The van der Waals surface area contributed by atoms with Gasteiger partial charge in [-0.3, -0.25) is 4.79 Å². The van der Waals surface area contributed by atoms with Crippen LogP contribution in [0.15, 0.2) is 41.2 Å². The molecule has 2 aromatic carbocycles. The monoisotopic (exact) mass is 426 g/mol. The highest BCUT2D eigenvalue weighted by atomic mass is 32.2. The lowest BCUT2D eigenvalue weighted by Gasteiger charge is -2.33. The molecule has 6 nitrogen and oxygen atoms in total. The third-order valence-electron chi connectivity index (χ3n) is 5.07. The molecule has 152 valence electrons. The first-order valence-corrected chi connectivity index (χ1v) is 10.2. The number of urea groups is 1. The van der Waals surface area contributed by atoms with Gasteiger partial charge in [0.25, 0.3) is 5.56 Å². The number of fused-ring (bicyclic) bond motifs is 3. The lowest BCUT2D eigenvalue weighted by atomic mass is 9.97. The molecule has 1 aliphatic rings. The van der Waals surface area contributed by atoms with E-state index in [1.807, 2.05) is 0 Å². The Morgan fingerprint density at radius 3 is 2.83 bits per heavy atom. The summed E-state index contributed by atoms with van der Waals surface area (Å²) in [5.41, 5.74) is 1.24. The highest BCUT2D eigenvalue weighted by molar-refractivity contribution is 7.98. The molecule has 0 saturated heterocycles. The van der Waals surface area contributed by atoms with Crippen LogP contribution in [0.1, 0.15) is 17.3 Å². The quantitative estimate of drug-likeness (QED) is 0.578. The van der Waals surface area contributed by atoms with Crippen molar-refractivity contribution in [2.75, 3.05) is 18.1 Å². The molecule has 0 radical (unpaired) electrons. The second kappa shape index (κ2) is 7.80. The van der Waals surface area contributed by atoms with E-state index in [0.717, 1.165) is 11.6 Å². The molecule has 30 heavy (non-hydrogen) atoms. The zero-order chi connectivity index (χ0) is 21.4. The normalized spacial score (nSPS) is 15.3. The third kappa shape index (κ3) is 3.50. The largest absolute Gasteiger partial charge is 0.324 e. The molecule has 3 aromatic rings. The molecule has 0 bridgehead atoms. The molecule has 1 atom stereocenters. The summed E-state index contributed by atoms with van der Waals surface area (Å²) in [6, 6.07) is 7.02. The smallest absolute Gasteiger partial charge is 0.322 e. The van der Waals surface area contributed by atoms with E-state index in [2.05, 4.69) is 15.1 Å². The summed E-state index contributed by atoms with van der Waals surface area (Å²) in [5, 5.41) is 3.52. The first-order valence-electron chi connectivity index (χ1n) is 9.02. The lowest BCUT2D eigenvalue weighted by Crippen LogP contribution is -2.38. The Morgan fingerprint density at radius 1 is 1.27 bits per heavy atom. The van der Waals surface area contributed by atoms with Crippen LogP contribution in [-0.4, -0.2) is 28.7 Å². The average molecular weight is 426 g/mol. The Morgan fingerprint density at radius 2 is 2.07 bits per heavy atom. The summed E-state index contributed by atoms with van der Waals surface area (Å²) in [6.07, 6.45) is 0. The number of benzene rings is 2. The number of thioether (sulfide) groups is 1. The van der Waals surface area contributed by atoms with Crippen LogP contribution in [0.25, 0.3) is 15.6 Å². The number of nitrogens with one attached hydrogen (secondary N) is 2. The maximum absolute atomic E-state index is 13.7. The van der Waals surface area contributed by atoms with Crippen LogP contribution < -0.4 is 10.9 Å². The van der Waals surface area contributed by atoms with Crippen LogP contribution >= 0.6 is 11.8 Å². The van der Waals surface area contributed by atoms with E-state index in [4.69, 9.17) is 6.57 Å². The Labute approximate surface area is 174 Å². The second-order valence-electron chi connectivity index (χ2n) is 6.89. The predicted molar refractivity (Wildman–Crippen MR) is 113 cm³/mol. The molecule has 2 N–H and O–H groups in total. The minimum Gasteiger partial charge on any atom is -0.324 e. The number of anilines is 1. The number of pyridine rings is 1. The molecule has 2 amide bonds. The number of nitrogens with zero attached hydrogens (tertiary/aromatic N) is 2. The summed E-state index contributed by atoms with van der Waals surface area (Å²) < 4.78 is 27.2. The molecule has 1 aliphatic heterocycles. The maximum Gasteiger partial charge on any atom is 0.322 e. The number of amides is 2. The SMILES string of the molecule is [C-]#[N+]c1cc(NC(=O)N(C)C2CSCc3[nH]c(=O)c4cc(F)ccc4c32)ccc1F. The second-order valence-corrected chi connectivity index (χ2v) is 7.92. The summed E-state index contributed by atoms with van der Waals surface area (Å²) in [5.74, 6) is 0.00632.